The SMILES string of the molecule is C=CC(=O)Nc1cccc(CNc2nc(C)nc(C)c2C)c1. The number of carbonyl (C=O) groups excluding carboxylic acids is 1. The van der Waals surface area contributed by atoms with Gasteiger partial charge in [0.15, 0.2) is 0 Å². The van der Waals surface area contributed by atoms with Gasteiger partial charge in [0.1, 0.15) is 11.6 Å². The fourth-order valence-corrected chi connectivity index (χ4v) is 2.08. The van der Waals surface area contributed by atoms with Crippen molar-refractivity contribution in [2.75, 3.05) is 10.6 Å². The molecule has 1 heterocycles. The van der Waals surface area contributed by atoms with Crippen LogP contribution in [0.15, 0.2) is 36.9 Å². The van der Waals surface area contributed by atoms with Crippen molar-refractivity contribution in [1.82, 2.24) is 9.97 Å². The second kappa shape index (κ2) is 6.85. The number of hydrogen-bond acceptors (Lipinski definition) is 4. The molecule has 0 saturated heterocycles. The van der Waals surface area contributed by atoms with Gasteiger partial charge in [-0.3, -0.25) is 4.79 Å². The summed E-state index contributed by atoms with van der Waals surface area (Å²) in [6.45, 7) is 9.91. The molecule has 5 nitrogen and oxygen atoms in total. The maximum Gasteiger partial charge on any atom is 0.247 e. The van der Waals surface area contributed by atoms with Crippen LogP contribution < -0.4 is 10.6 Å². The van der Waals surface area contributed by atoms with E-state index in [-0.39, 0.29) is 5.91 Å². The Hall–Kier alpha value is -2.69. The molecule has 0 aliphatic heterocycles. The van der Waals surface area contributed by atoms with Gasteiger partial charge in [0.05, 0.1) is 0 Å². The molecule has 0 aliphatic carbocycles. The van der Waals surface area contributed by atoms with Crippen LogP contribution in [0.4, 0.5) is 11.5 Å². The fraction of sp³-hybridized carbons (Fsp3) is 0.235. The van der Waals surface area contributed by atoms with Crippen LogP contribution in [-0.2, 0) is 11.3 Å². The number of rotatable bonds is 5. The maximum absolute atomic E-state index is 11.3. The molecule has 0 saturated carbocycles. The summed E-state index contributed by atoms with van der Waals surface area (Å²) in [5.41, 5.74) is 3.81. The largest absolute Gasteiger partial charge is 0.366 e. The van der Waals surface area contributed by atoms with Crippen LogP contribution in [0.25, 0.3) is 0 Å². The fourth-order valence-electron chi connectivity index (χ4n) is 2.08. The van der Waals surface area contributed by atoms with Gasteiger partial charge in [0.2, 0.25) is 5.91 Å². The van der Waals surface area contributed by atoms with E-state index in [9.17, 15) is 4.79 Å². The molecule has 1 aromatic heterocycles. The van der Waals surface area contributed by atoms with E-state index in [0.717, 1.165) is 34.2 Å². The van der Waals surface area contributed by atoms with E-state index in [1.54, 1.807) is 0 Å². The molecule has 0 atom stereocenters. The van der Waals surface area contributed by atoms with Crippen molar-refractivity contribution in [3.63, 3.8) is 0 Å². The zero-order valence-corrected chi connectivity index (χ0v) is 13.1. The zero-order valence-electron chi connectivity index (χ0n) is 13.1. The molecule has 0 spiro atoms. The molecule has 0 bridgehead atoms. The van der Waals surface area contributed by atoms with Crippen molar-refractivity contribution < 1.29 is 4.79 Å². The van der Waals surface area contributed by atoms with Crippen LogP contribution in [-0.4, -0.2) is 15.9 Å². The van der Waals surface area contributed by atoms with Gasteiger partial charge in [-0.2, -0.15) is 0 Å². The highest BCUT2D eigenvalue weighted by Crippen LogP contribution is 2.17. The Kier molecular flexibility index (Phi) is 4.88. The van der Waals surface area contributed by atoms with Crippen molar-refractivity contribution in [3.05, 3.63) is 59.6 Å². The molecular weight excluding hydrogens is 276 g/mol. The highest BCUT2D eigenvalue weighted by Gasteiger charge is 2.06. The van der Waals surface area contributed by atoms with Gasteiger partial charge in [0, 0.05) is 23.5 Å². The van der Waals surface area contributed by atoms with Gasteiger partial charge in [-0.05, 0) is 44.5 Å². The molecule has 0 radical (unpaired) electrons. The van der Waals surface area contributed by atoms with Crippen LogP contribution in [0.1, 0.15) is 22.6 Å². The van der Waals surface area contributed by atoms with E-state index in [1.165, 1.54) is 6.08 Å². The maximum atomic E-state index is 11.3. The normalized spacial score (nSPS) is 10.1. The molecule has 1 amide bonds. The minimum absolute atomic E-state index is 0.219. The summed E-state index contributed by atoms with van der Waals surface area (Å²) in [4.78, 5) is 20.1. The Labute approximate surface area is 130 Å². The predicted octanol–water partition coefficient (Wildman–Crippen LogP) is 3.14. The molecule has 0 unspecified atom stereocenters. The van der Waals surface area contributed by atoms with Gasteiger partial charge in [-0.25, -0.2) is 9.97 Å². The molecule has 114 valence electrons. The van der Waals surface area contributed by atoms with Gasteiger partial charge >= 0.3 is 0 Å². The van der Waals surface area contributed by atoms with E-state index >= 15 is 0 Å². The van der Waals surface area contributed by atoms with Crippen LogP contribution in [0.2, 0.25) is 0 Å². The van der Waals surface area contributed by atoms with Crippen molar-refractivity contribution in [1.29, 1.82) is 0 Å². The van der Waals surface area contributed by atoms with Gasteiger partial charge in [-0.1, -0.05) is 18.7 Å². The average Bonchev–Trinajstić information content (AvgIpc) is 2.49. The smallest absolute Gasteiger partial charge is 0.247 e. The number of anilines is 2. The van der Waals surface area contributed by atoms with Crippen LogP contribution in [0.5, 0.6) is 0 Å². The number of nitrogens with zero attached hydrogens (tertiary/aromatic N) is 2. The van der Waals surface area contributed by atoms with Crippen molar-refractivity contribution >= 4 is 17.4 Å². The number of aromatic nitrogens is 2. The number of nitrogens with one attached hydrogen (secondary N) is 2. The molecule has 2 rings (SSSR count). The summed E-state index contributed by atoms with van der Waals surface area (Å²) in [6, 6.07) is 7.66. The van der Waals surface area contributed by atoms with Gasteiger partial charge < -0.3 is 10.6 Å². The third kappa shape index (κ3) is 3.91. The number of amides is 1. The molecular formula is C17H20N4O. The minimum atomic E-state index is -0.219. The molecule has 22 heavy (non-hydrogen) atoms. The lowest BCUT2D eigenvalue weighted by atomic mass is 10.2. The van der Waals surface area contributed by atoms with E-state index in [4.69, 9.17) is 0 Å². The van der Waals surface area contributed by atoms with E-state index in [1.807, 2.05) is 45.0 Å². The first-order chi connectivity index (χ1) is 10.5. The molecule has 0 aliphatic rings. The van der Waals surface area contributed by atoms with Gasteiger partial charge in [0.25, 0.3) is 0 Å². The Bertz CT molecular complexity index is 710. The zero-order chi connectivity index (χ0) is 16.1. The minimum Gasteiger partial charge on any atom is -0.366 e. The Morgan fingerprint density at radius 2 is 2.05 bits per heavy atom. The molecule has 0 fully saturated rings. The predicted molar refractivity (Wildman–Crippen MR) is 88.8 cm³/mol. The molecule has 2 N–H and O–H groups in total. The first-order valence-corrected chi connectivity index (χ1v) is 7.07. The second-order valence-electron chi connectivity index (χ2n) is 5.08. The number of hydrogen-bond donors (Lipinski definition) is 2. The summed E-state index contributed by atoms with van der Waals surface area (Å²) >= 11 is 0. The summed E-state index contributed by atoms with van der Waals surface area (Å²) in [5, 5.41) is 6.07. The summed E-state index contributed by atoms with van der Waals surface area (Å²) in [5.74, 6) is 1.37. The van der Waals surface area contributed by atoms with Crippen LogP contribution >= 0.6 is 0 Å². The Morgan fingerprint density at radius 1 is 1.27 bits per heavy atom. The summed E-state index contributed by atoms with van der Waals surface area (Å²) in [7, 11) is 0. The Morgan fingerprint density at radius 3 is 2.77 bits per heavy atom. The lowest BCUT2D eigenvalue weighted by Gasteiger charge is -2.12. The van der Waals surface area contributed by atoms with Crippen LogP contribution in [0.3, 0.4) is 0 Å². The van der Waals surface area contributed by atoms with Gasteiger partial charge in [-0.15, -0.1) is 0 Å². The molecule has 1 aromatic carbocycles. The van der Waals surface area contributed by atoms with E-state index < -0.39 is 0 Å². The lowest BCUT2D eigenvalue weighted by molar-refractivity contribution is -0.111. The van der Waals surface area contributed by atoms with Crippen molar-refractivity contribution in [3.8, 4) is 0 Å². The quantitative estimate of drug-likeness (QED) is 0.832. The van der Waals surface area contributed by atoms with E-state index in [2.05, 4.69) is 27.2 Å². The average molecular weight is 296 g/mol. The third-order valence-corrected chi connectivity index (χ3v) is 3.34. The Balaban J connectivity index is 2.10. The third-order valence-electron chi connectivity index (χ3n) is 3.34. The van der Waals surface area contributed by atoms with Crippen LogP contribution in [0, 0.1) is 20.8 Å². The second-order valence-corrected chi connectivity index (χ2v) is 5.08. The summed E-state index contributed by atoms with van der Waals surface area (Å²) in [6.07, 6.45) is 1.25. The highest BCUT2D eigenvalue weighted by atomic mass is 16.1. The molecule has 5 heteroatoms. The van der Waals surface area contributed by atoms with Crippen molar-refractivity contribution in [2.24, 2.45) is 0 Å². The number of benzene rings is 1. The standard InChI is InChI=1S/C17H20N4O/c1-5-16(22)21-15-8-6-7-14(9-15)10-18-17-11(2)12(3)19-13(4)20-17/h5-9H,1,10H2,2-4H3,(H,21,22)(H,18,19,20). The lowest BCUT2D eigenvalue weighted by Crippen LogP contribution is -2.09. The van der Waals surface area contributed by atoms with E-state index in [0.29, 0.717) is 6.54 Å². The first kappa shape index (κ1) is 15.7. The molecule has 2 aromatic rings. The number of carbonyl (C=O) groups is 1. The highest BCUT2D eigenvalue weighted by molar-refractivity contribution is 5.98. The monoisotopic (exact) mass is 296 g/mol. The topological polar surface area (TPSA) is 66.9 Å². The van der Waals surface area contributed by atoms with Crippen molar-refractivity contribution in [2.45, 2.75) is 27.3 Å². The first-order valence-electron chi connectivity index (χ1n) is 7.07. The number of aryl methyl sites for hydroxylation is 2. The summed E-state index contributed by atoms with van der Waals surface area (Å²) < 4.78 is 0.